The molecule has 2 rings (SSSR count). The molecule has 0 saturated carbocycles. The smallest absolute Gasteiger partial charge is 0.268 e. The number of nitrogens with zero attached hydrogens (tertiary/aromatic N) is 2. The molecule has 0 amide bonds. The summed E-state index contributed by atoms with van der Waals surface area (Å²) in [6, 6.07) is 5.70. The molecule has 0 atom stereocenters. The van der Waals surface area contributed by atoms with Gasteiger partial charge in [0, 0.05) is 13.1 Å². The quantitative estimate of drug-likeness (QED) is 0.787. The Morgan fingerprint density at radius 1 is 1.25 bits per heavy atom. The summed E-state index contributed by atoms with van der Waals surface area (Å²) in [6.07, 6.45) is 0. The lowest BCUT2D eigenvalue weighted by atomic mass is 10.2. The van der Waals surface area contributed by atoms with Crippen LogP contribution in [0.3, 0.4) is 0 Å². The second kappa shape index (κ2) is 6.90. The van der Waals surface area contributed by atoms with Gasteiger partial charge in [0.1, 0.15) is 5.75 Å². The average Bonchev–Trinajstić information content (AvgIpc) is 2.77. The van der Waals surface area contributed by atoms with E-state index in [9.17, 15) is 4.79 Å². The van der Waals surface area contributed by atoms with Gasteiger partial charge in [0.2, 0.25) is 0 Å². The number of fused-ring (bicyclic) bond motifs is 1. The van der Waals surface area contributed by atoms with Crippen LogP contribution in [0.4, 0.5) is 0 Å². The van der Waals surface area contributed by atoms with Crippen LogP contribution in [-0.2, 0) is 6.54 Å². The lowest BCUT2D eigenvalue weighted by Gasteiger charge is -2.17. The summed E-state index contributed by atoms with van der Waals surface area (Å²) in [5.41, 5.74) is 0.111. The number of benzene rings is 1. The molecule has 1 aromatic heterocycles. The Morgan fingerprint density at radius 2 is 2.00 bits per heavy atom. The van der Waals surface area contributed by atoms with Crippen LogP contribution in [0, 0.1) is 0 Å². The first-order chi connectivity index (χ1) is 9.69. The minimum atomic E-state index is 0.111. The highest BCUT2D eigenvalue weighted by Crippen LogP contribution is 2.22. The molecule has 5 heteroatoms. The number of hydrogen-bond donors (Lipinski definition) is 0. The van der Waals surface area contributed by atoms with E-state index in [1.165, 1.54) is 11.5 Å². The number of hydrogen-bond acceptors (Lipinski definition) is 4. The molecule has 0 fully saturated rings. The summed E-state index contributed by atoms with van der Waals surface area (Å²) in [5, 5.41) is 0.790. The summed E-state index contributed by atoms with van der Waals surface area (Å²) in [6.45, 7) is 10.6. The molecule has 0 aliphatic rings. The Balaban J connectivity index is 2.22. The van der Waals surface area contributed by atoms with Crippen molar-refractivity contribution in [2.45, 2.75) is 27.3 Å². The summed E-state index contributed by atoms with van der Waals surface area (Å²) < 4.78 is 8.33. The monoisotopic (exact) mass is 294 g/mol. The van der Waals surface area contributed by atoms with E-state index in [0.717, 1.165) is 42.0 Å². The predicted molar refractivity (Wildman–Crippen MR) is 85.0 cm³/mol. The van der Waals surface area contributed by atoms with Gasteiger partial charge in [0.25, 0.3) is 5.56 Å². The van der Waals surface area contributed by atoms with Gasteiger partial charge >= 0.3 is 0 Å². The maximum absolute atomic E-state index is 12.3. The molecule has 1 heterocycles. The van der Waals surface area contributed by atoms with Crippen molar-refractivity contribution in [1.82, 2.24) is 8.86 Å². The summed E-state index contributed by atoms with van der Waals surface area (Å²) in [4.78, 5) is 14.6. The molecule has 4 nitrogen and oxygen atoms in total. The maximum Gasteiger partial charge on any atom is 0.268 e. The zero-order valence-corrected chi connectivity index (χ0v) is 13.2. The van der Waals surface area contributed by atoms with Gasteiger partial charge in [-0.05, 0) is 38.2 Å². The Bertz CT molecular complexity index is 614. The van der Waals surface area contributed by atoms with E-state index in [4.69, 9.17) is 4.74 Å². The first-order valence-electron chi connectivity index (χ1n) is 7.18. The molecule has 110 valence electrons. The zero-order valence-electron chi connectivity index (χ0n) is 12.4. The van der Waals surface area contributed by atoms with Crippen molar-refractivity contribution in [2.24, 2.45) is 0 Å². The van der Waals surface area contributed by atoms with Gasteiger partial charge in [-0.25, -0.2) is 0 Å². The van der Waals surface area contributed by atoms with E-state index >= 15 is 0 Å². The SMILES string of the molecule is CCOc1ccc2c(=O)n(CCN(CC)CC)sc2c1. The Morgan fingerprint density at radius 3 is 2.65 bits per heavy atom. The highest BCUT2D eigenvalue weighted by Gasteiger charge is 2.09. The van der Waals surface area contributed by atoms with E-state index in [0.29, 0.717) is 6.61 Å². The van der Waals surface area contributed by atoms with Gasteiger partial charge in [-0.15, -0.1) is 0 Å². The Labute approximate surface area is 123 Å². The van der Waals surface area contributed by atoms with Gasteiger partial charge in [-0.3, -0.25) is 8.75 Å². The normalized spacial score (nSPS) is 11.4. The number of rotatable bonds is 7. The second-order valence-electron chi connectivity index (χ2n) is 4.62. The lowest BCUT2D eigenvalue weighted by Crippen LogP contribution is -2.28. The van der Waals surface area contributed by atoms with Crippen LogP contribution in [0.15, 0.2) is 23.0 Å². The van der Waals surface area contributed by atoms with Crippen molar-refractivity contribution >= 4 is 21.6 Å². The number of ether oxygens (including phenoxy) is 1. The standard InChI is InChI=1S/C15H22N2O2S/c1-4-16(5-2)9-10-17-15(18)13-8-7-12(19-6-3)11-14(13)20-17/h7-8,11H,4-6,9-10H2,1-3H3. The summed E-state index contributed by atoms with van der Waals surface area (Å²) in [7, 11) is 0. The number of aromatic nitrogens is 1. The third kappa shape index (κ3) is 3.22. The third-order valence-electron chi connectivity index (χ3n) is 3.44. The van der Waals surface area contributed by atoms with Crippen molar-refractivity contribution < 1.29 is 4.74 Å². The number of likely N-dealkylation sites (N-methyl/N-ethyl adjacent to an activating group) is 1. The van der Waals surface area contributed by atoms with Crippen LogP contribution in [0.1, 0.15) is 20.8 Å². The molecule has 0 saturated heterocycles. The zero-order chi connectivity index (χ0) is 14.5. The molecule has 1 aromatic carbocycles. The lowest BCUT2D eigenvalue weighted by molar-refractivity contribution is 0.293. The maximum atomic E-state index is 12.3. The molecule has 0 aliphatic carbocycles. The molecular formula is C15H22N2O2S. The minimum Gasteiger partial charge on any atom is -0.494 e. The van der Waals surface area contributed by atoms with E-state index in [-0.39, 0.29) is 5.56 Å². The van der Waals surface area contributed by atoms with Crippen LogP contribution in [-0.4, -0.2) is 35.1 Å². The van der Waals surface area contributed by atoms with Crippen LogP contribution in [0.25, 0.3) is 10.1 Å². The molecule has 20 heavy (non-hydrogen) atoms. The molecule has 0 N–H and O–H groups in total. The highest BCUT2D eigenvalue weighted by atomic mass is 32.1. The molecule has 0 unspecified atom stereocenters. The summed E-state index contributed by atoms with van der Waals surface area (Å²) in [5.74, 6) is 0.831. The molecule has 0 radical (unpaired) electrons. The van der Waals surface area contributed by atoms with Crippen molar-refractivity contribution in [3.05, 3.63) is 28.6 Å². The van der Waals surface area contributed by atoms with Crippen LogP contribution in [0.5, 0.6) is 5.75 Å². The first kappa shape index (κ1) is 15.1. The van der Waals surface area contributed by atoms with Gasteiger partial charge in [-0.1, -0.05) is 25.4 Å². The van der Waals surface area contributed by atoms with E-state index in [1.54, 1.807) is 0 Å². The van der Waals surface area contributed by atoms with E-state index < -0.39 is 0 Å². The minimum absolute atomic E-state index is 0.111. The molecule has 0 spiro atoms. The van der Waals surface area contributed by atoms with Crippen LogP contribution >= 0.6 is 11.5 Å². The largest absolute Gasteiger partial charge is 0.494 e. The third-order valence-corrected chi connectivity index (χ3v) is 4.55. The fourth-order valence-electron chi connectivity index (χ4n) is 2.23. The van der Waals surface area contributed by atoms with Gasteiger partial charge < -0.3 is 9.64 Å². The van der Waals surface area contributed by atoms with Crippen molar-refractivity contribution in [2.75, 3.05) is 26.2 Å². The summed E-state index contributed by atoms with van der Waals surface area (Å²) >= 11 is 1.52. The fourth-order valence-corrected chi connectivity index (χ4v) is 3.24. The first-order valence-corrected chi connectivity index (χ1v) is 7.95. The van der Waals surface area contributed by atoms with Crippen molar-refractivity contribution in [3.63, 3.8) is 0 Å². The van der Waals surface area contributed by atoms with Gasteiger partial charge in [0.15, 0.2) is 0 Å². The van der Waals surface area contributed by atoms with E-state index in [2.05, 4.69) is 18.7 Å². The average molecular weight is 294 g/mol. The Hall–Kier alpha value is -1.33. The van der Waals surface area contributed by atoms with Crippen LogP contribution < -0.4 is 10.3 Å². The topological polar surface area (TPSA) is 34.5 Å². The van der Waals surface area contributed by atoms with Gasteiger partial charge in [-0.2, -0.15) is 0 Å². The second-order valence-corrected chi connectivity index (χ2v) is 5.68. The van der Waals surface area contributed by atoms with E-state index in [1.807, 2.05) is 29.1 Å². The molecule has 2 aromatic rings. The Kier molecular flexibility index (Phi) is 5.20. The van der Waals surface area contributed by atoms with Crippen LogP contribution in [0.2, 0.25) is 0 Å². The van der Waals surface area contributed by atoms with Gasteiger partial charge in [0.05, 0.1) is 16.7 Å². The molecular weight excluding hydrogens is 272 g/mol. The van der Waals surface area contributed by atoms with Crippen molar-refractivity contribution in [3.8, 4) is 5.75 Å². The predicted octanol–water partition coefficient (Wildman–Crippen LogP) is 2.80. The molecule has 0 bridgehead atoms. The molecule has 0 aliphatic heterocycles. The highest BCUT2D eigenvalue weighted by molar-refractivity contribution is 7.13. The van der Waals surface area contributed by atoms with Crippen molar-refractivity contribution in [1.29, 1.82) is 0 Å². The fraction of sp³-hybridized carbons (Fsp3) is 0.533.